The lowest BCUT2D eigenvalue weighted by atomic mass is 10.1. The number of hydrogen-bond acceptors (Lipinski definition) is 6. The fourth-order valence-corrected chi connectivity index (χ4v) is 2.36. The highest BCUT2D eigenvalue weighted by molar-refractivity contribution is 6.31. The molecule has 0 unspecified atom stereocenters. The van der Waals surface area contributed by atoms with Crippen molar-refractivity contribution in [1.82, 2.24) is 15.2 Å². The maximum Gasteiger partial charge on any atom is 0.249 e. The van der Waals surface area contributed by atoms with Gasteiger partial charge in [-0.1, -0.05) is 29.8 Å². The summed E-state index contributed by atoms with van der Waals surface area (Å²) >= 11 is 6.12. The molecule has 7 heteroatoms. The monoisotopic (exact) mass is 353 g/mol. The number of nitrogens with one attached hydrogen (secondary N) is 2. The van der Waals surface area contributed by atoms with E-state index in [0.29, 0.717) is 22.4 Å². The first-order chi connectivity index (χ1) is 12.0. The van der Waals surface area contributed by atoms with Crippen LogP contribution >= 0.6 is 11.6 Å². The summed E-state index contributed by atoms with van der Waals surface area (Å²) < 4.78 is 0. The zero-order chi connectivity index (χ0) is 17.8. The maximum absolute atomic E-state index is 11.5. The predicted octanol–water partition coefficient (Wildman–Crippen LogP) is 4.52. The Balaban J connectivity index is 1.78. The van der Waals surface area contributed by atoms with Gasteiger partial charge in [-0.2, -0.15) is 10.1 Å². The molecule has 6 nitrogen and oxygen atoms in total. The lowest BCUT2D eigenvalue weighted by Gasteiger charge is -2.09. The summed E-state index contributed by atoms with van der Waals surface area (Å²) in [7, 11) is 0. The molecule has 0 atom stereocenters. The molecule has 0 saturated carbocycles. The van der Waals surface area contributed by atoms with E-state index in [-0.39, 0.29) is 5.78 Å². The molecular weight excluding hydrogens is 338 g/mol. The number of aryl methyl sites for hydroxylation is 1. The summed E-state index contributed by atoms with van der Waals surface area (Å²) in [6.07, 6.45) is 1.51. The first-order valence-corrected chi connectivity index (χ1v) is 8.00. The van der Waals surface area contributed by atoms with Gasteiger partial charge in [-0.05, 0) is 43.7 Å². The SMILES string of the molecule is CC(=O)c1cccc(Nc2cnnc(Nc3ccc(C)c(Cl)c3)n2)c1. The van der Waals surface area contributed by atoms with Crippen LogP contribution in [0.4, 0.5) is 23.1 Å². The first-order valence-electron chi connectivity index (χ1n) is 7.62. The van der Waals surface area contributed by atoms with E-state index in [1.165, 1.54) is 13.1 Å². The van der Waals surface area contributed by atoms with Crippen LogP contribution in [0.15, 0.2) is 48.7 Å². The minimum absolute atomic E-state index is 0.00284. The van der Waals surface area contributed by atoms with Gasteiger partial charge in [-0.15, -0.1) is 5.10 Å². The van der Waals surface area contributed by atoms with Crippen LogP contribution in [0.1, 0.15) is 22.8 Å². The van der Waals surface area contributed by atoms with E-state index in [4.69, 9.17) is 11.6 Å². The van der Waals surface area contributed by atoms with Gasteiger partial charge in [0.05, 0.1) is 6.20 Å². The second kappa shape index (κ2) is 7.27. The lowest BCUT2D eigenvalue weighted by Crippen LogP contribution is -2.03. The van der Waals surface area contributed by atoms with Crippen molar-refractivity contribution in [2.75, 3.05) is 10.6 Å². The number of halogens is 1. The van der Waals surface area contributed by atoms with E-state index in [1.807, 2.05) is 25.1 Å². The molecular formula is C18H16ClN5O. The third-order valence-corrected chi connectivity index (χ3v) is 3.94. The third-order valence-electron chi connectivity index (χ3n) is 3.53. The van der Waals surface area contributed by atoms with Crippen LogP contribution in [0.25, 0.3) is 0 Å². The summed E-state index contributed by atoms with van der Waals surface area (Å²) in [6, 6.07) is 12.8. The Bertz CT molecular complexity index is 929. The van der Waals surface area contributed by atoms with Crippen molar-refractivity contribution in [2.24, 2.45) is 0 Å². The normalized spacial score (nSPS) is 10.4. The number of aromatic nitrogens is 3. The van der Waals surface area contributed by atoms with E-state index in [0.717, 1.165) is 16.9 Å². The average molecular weight is 354 g/mol. The average Bonchev–Trinajstić information content (AvgIpc) is 2.59. The van der Waals surface area contributed by atoms with Crippen LogP contribution in [0.5, 0.6) is 0 Å². The zero-order valence-corrected chi connectivity index (χ0v) is 14.5. The van der Waals surface area contributed by atoms with Gasteiger partial charge in [-0.25, -0.2) is 0 Å². The summed E-state index contributed by atoms with van der Waals surface area (Å²) in [5.74, 6) is 0.854. The maximum atomic E-state index is 11.5. The van der Waals surface area contributed by atoms with Gasteiger partial charge in [0, 0.05) is 22.0 Å². The fraction of sp³-hybridized carbons (Fsp3) is 0.111. The van der Waals surface area contributed by atoms with Crippen molar-refractivity contribution in [3.63, 3.8) is 0 Å². The first kappa shape index (κ1) is 16.9. The molecule has 0 amide bonds. The van der Waals surface area contributed by atoms with Crippen LogP contribution in [-0.2, 0) is 0 Å². The Labute approximate surface area is 150 Å². The largest absolute Gasteiger partial charge is 0.339 e. The molecule has 3 rings (SSSR count). The van der Waals surface area contributed by atoms with E-state index >= 15 is 0 Å². The summed E-state index contributed by atoms with van der Waals surface area (Å²) in [4.78, 5) is 15.8. The molecule has 0 spiro atoms. The number of carbonyl (C=O) groups excluding carboxylic acids is 1. The Hall–Kier alpha value is -2.99. The number of nitrogens with zero attached hydrogens (tertiary/aromatic N) is 3. The number of hydrogen-bond donors (Lipinski definition) is 2. The highest BCUT2D eigenvalue weighted by Gasteiger charge is 2.05. The number of anilines is 4. The highest BCUT2D eigenvalue weighted by Crippen LogP contribution is 2.22. The molecule has 0 radical (unpaired) electrons. The van der Waals surface area contributed by atoms with Gasteiger partial charge >= 0.3 is 0 Å². The Morgan fingerprint density at radius 3 is 2.64 bits per heavy atom. The van der Waals surface area contributed by atoms with Gasteiger partial charge in [0.25, 0.3) is 0 Å². The van der Waals surface area contributed by atoms with Crippen molar-refractivity contribution in [1.29, 1.82) is 0 Å². The van der Waals surface area contributed by atoms with Crippen molar-refractivity contribution >= 4 is 40.5 Å². The quantitative estimate of drug-likeness (QED) is 0.656. The Kier molecular flexibility index (Phi) is 4.90. The molecule has 0 bridgehead atoms. The molecule has 0 fully saturated rings. The second-order valence-corrected chi connectivity index (χ2v) is 5.92. The molecule has 1 aromatic heterocycles. The van der Waals surface area contributed by atoms with E-state index in [1.54, 1.807) is 24.3 Å². The van der Waals surface area contributed by atoms with Crippen LogP contribution in [0, 0.1) is 6.92 Å². The third kappa shape index (κ3) is 4.30. The van der Waals surface area contributed by atoms with E-state index in [9.17, 15) is 4.79 Å². The van der Waals surface area contributed by atoms with Gasteiger partial charge in [-0.3, -0.25) is 4.79 Å². The smallest absolute Gasteiger partial charge is 0.249 e. The molecule has 0 aliphatic heterocycles. The zero-order valence-electron chi connectivity index (χ0n) is 13.7. The molecule has 3 aromatic rings. The number of benzene rings is 2. The van der Waals surface area contributed by atoms with E-state index in [2.05, 4.69) is 25.8 Å². The number of Topliss-reactive ketones (excluding diaryl/α,β-unsaturated/α-hetero) is 1. The topological polar surface area (TPSA) is 79.8 Å². The van der Waals surface area contributed by atoms with Crippen LogP contribution in [-0.4, -0.2) is 21.0 Å². The molecule has 1 heterocycles. The number of carbonyl (C=O) groups is 1. The summed E-state index contributed by atoms with van der Waals surface area (Å²) in [5, 5.41) is 14.7. The molecule has 2 N–H and O–H groups in total. The minimum atomic E-state index is 0.00284. The van der Waals surface area contributed by atoms with Crippen LogP contribution in [0.2, 0.25) is 5.02 Å². The van der Waals surface area contributed by atoms with Gasteiger partial charge in [0.15, 0.2) is 11.6 Å². The van der Waals surface area contributed by atoms with Gasteiger partial charge in [0.2, 0.25) is 5.95 Å². The van der Waals surface area contributed by atoms with Crippen molar-refractivity contribution < 1.29 is 4.79 Å². The molecule has 0 aliphatic rings. The van der Waals surface area contributed by atoms with Crippen molar-refractivity contribution in [2.45, 2.75) is 13.8 Å². The van der Waals surface area contributed by atoms with Crippen LogP contribution < -0.4 is 10.6 Å². The van der Waals surface area contributed by atoms with Gasteiger partial charge in [0.1, 0.15) is 0 Å². The van der Waals surface area contributed by atoms with Crippen molar-refractivity contribution in [3.8, 4) is 0 Å². The standard InChI is InChI=1S/C18H16ClN5O/c1-11-6-7-15(9-16(11)19)22-18-23-17(10-20-24-18)21-14-5-3-4-13(8-14)12(2)25/h3-10H,1-2H3,(H2,21,22,23,24). The minimum Gasteiger partial charge on any atom is -0.339 e. The Morgan fingerprint density at radius 1 is 1.08 bits per heavy atom. The molecule has 0 aliphatic carbocycles. The van der Waals surface area contributed by atoms with Gasteiger partial charge < -0.3 is 10.6 Å². The second-order valence-electron chi connectivity index (χ2n) is 5.52. The molecule has 25 heavy (non-hydrogen) atoms. The number of ketones is 1. The van der Waals surface area contributed by atoms with Crippen molar-refractivity contribution in [3.05, 3.63) is 64.8 Å². The Morgan fingerprint density at radius 2 is 1.88 bits per heavy atom. The molecule has 0 saturated heterocycles. The van der Waals surface area contributed by atoms with E-state index < -0.39 is 0 Å². The molecule has 126 valence electrons. The fourth-order valence-electron chi connectivity index (χ4n) is 2.18. The lowest BCUT2D eigenvalue weighted by molar-refractivity contribution is 0.101. The molecule has 2 aromatic carbocycles. The predicted molar refractivity (Wildman–Crippen MR) is 99.0 cm³/mol. The van der Waals surface area contributed by atoms with Crippen LogP contribution in [0.3, 0.4) is 0 Å². The summed E-state index contributed by atoms with van der Waals surface area (Å²) in [5.41, 5.74) is 3.14. The number of rotatable bonds is 5. The summed E-state index contributed by atoms with van der Waals surface area (Å²) in [6.45, 7) is 3.46. The highest BCUT2D eigenvalue weighted by atomic mass is 35.5.